The number of H-pyrrole nitrogens is 1. The highest BCUT2D eigenvalue weighted by molar-refractivity contribution is 6.06. The Hall–Kier alpha value is -3.42. The number of aryl methyl sites for hydroxylation is 1. The number of nitrogens with one attached hydrogen (secondary N) is 2. The fraction of sp³-hybridized carbons (Fsp3) is 0.304. The van der Waals surface area contributed by atoms with E-state index in [0.717, 1.165) is 18.4 Å². The maximum atomic E-state index is 14.3. The lowest BCUT2D eigenvalue weighted by molar-refractivity contribution is -0.131. The van der Waals surface area contributed by atoms with Crippen molar-refractivity contribution in [2.45, 2.75) is 25.8 Å². The molecule has 1 aliphatic heterocycles. The van der Waals surface area contributed by atoms with Gasteiger partial charge in [-0.25, -0.2) is 8.78 Å². The number of amides is 2. The van der Waals surface area contributed by atoms with Crippen molar-refractivity contribution in [3.05, 3.63) is 59.3 Å². The predicted molar refractivity (Wildman–Crippen MR) is 114 cm³/mol. The summed E-state index contributed by atoms with van der Waals surface area (Å²) in [6.07, 6.45) is 2.11. The van der Waals surface area contributed by atoms with E-state index in [1.165, 1.54) is 24.3 Å². The third-order valence-corrected chi connectivity index (χ3v) is 5.94. The minimum atomic E-state index is -0.511. The summed E-state index contributed by atoms with van der Waals surface area (Å²) in [4.78, 5) is 31.8. The van der Waals surface area contributed by atoms with Crippen LogP contribution in [-0.2, 0) is 4.79 Å². The number of aromatic nitrogens is 1. The van der Waals surface area contributed by atoms with E-state index in [0.29, 0.717) is 35.7 Å². The molecular weight excluding hydrogens is 402 g/mol. The number of piperazine rings is 1. The van der Waals surface area contributed by atoms with Crippen LogP contribution in [0.5, 0.6) is 0 Å². The molecule has 6 nitrogen and oxygen atoms in total. The molecule has 160 valence electrons. The molecule has 2 aromatic carbocycles. The van der Waals surface area contributed by atoms with Gasteiger partial charge in [0.05, 0.1) is 12.1 Å². The summed E-state index contributed by atoms with van der Waals surface area (Å²) >= 11 is 0. The molecule has 0 atom stereocenters. The van der Waals surface area contributed by atoms with Gasteiger partial charge < -0.3 is 20.1 Å². The number of rotatable bonds is 4. The SMILES string of the molecule is Cc1ccc(F)c2cc(C(=O)Nc3cc(F)cc(N4CCN(C5CC5)C(=O)C4)c3)[nH]c12. The first kappa shape index (κ1) is 19.5. The summed E-state index contributed by atoms with van der Waals surface area (Å²) in [5.41, 5.74) is 2.36. The van der Waals surface area contributed by atoms with E-state index in [9.17, 15) is 18.4 Å². The molecule has 1 saturated heterocycles. The Kier molecular flexibility index (Phi) is 4.64. The number of fused-ring (bicyclic) bond motifs is 1. The maximum Gasteiger partial charge on any atom is 0.272 e. The summed E-state index contributed by atoms with van der Waals surface area (Å²) in [5, 5.41) is 3.00. The lowest BCUT2D eigenvalue weighted by atomic mass is 10.1. The number of aromatic amines is 1. The molecule has 1 aliphatic carbocycles. The molecular formula is C23H22F2N4O2. The minimum absolute atomic E-state index is 0.0408. The van der Waals surface area contributed by atoms with Gasteiger partial charge >= 0.3 is 0 Å². The Morgan fingerprint density at radius 1 is 1.13 bits per heavy atom. The fourth-order valence-electron chi connectivity index (χ4n) is 4.15. The molecule has 2 amide bonds. The van der Waals surface area contributed by atoms with Gasteiger partial charge in [0.2, 0.25) is 5.91 Å². The molecule has 2 aliphatic rings. The third-order valence-electron chi connectivity index (χ3n) is 5.94. The zero-order valence-electron chi connectivity index (χ0n) is 17.0. The molecule has 2 N–H and O–H groups in total. The van der Waals surface area contributed by atoms with Gasteiger partial charge in [-0.1, -0.05) is 6.07 Å². The van der Waals surface area contributed by atoms with Gasteiger partial charge in [0, 0.05) is 35.9 Å². The minimum Gasteiger partial charge on any atom is -0.360 e. The summed E-state index contributed by atoms with van der Waals surface area (Å²) < 4.78 is 28.3. The second-order valence-corrected chi connectivity index (χ2v) is 8.23. The Bertz CT molecular complexity index is 1160. The Balaban J connectivity index is 1.36. The van der Waals surface area contributed by atoms with Crippen molar-refractivity contribution < 1.29 is 18.4 Å². The Morgan fingerprint density at radius 3 is 2.65 bits per heavy atom. The third kappa shape index (κ3) is 3.73. The average molecular weight is 424 g/mol. The van der Waals surface area contributed by atoms with Crippen LogP contribution in [0.25, 0.3) is 10.9 Å². The number of hydrogen-bond donors (Lipinski definition) is 2. The Morgan fingerprint density at radius 2 is 1.94 bits per heavy atom. The van der Waals surface area contributed by atoms with Crippen LogP contribution in [0.3, 0.4) is 0 Å². The smallest absolute Gasteiger partial charge is 0.272 e. The van der Waals surface area contributed by atoms with Gasteiger partial charge in [-0.3, -0.25) is 9.59 Å². The van der Waals surface area contributed by atoms with Gasteiger partial charge in [-0.2, -0.15) is 0 Å². The van der Waals surface area contributed by atoms with Crippen molar-refractivity contribution in [1.82, 2.24) is 9.88 Å². The molecule has 0 spiro atoms. The Labute approximate surface area is 177 Å². The number of benzene rings is 2. The first-order valence-corrected chi connectivity index (χ1v) is 10.3. The van der Waals surface area contributed by atoms with Crippen LogP contribution in [0.1, 0.15) is 28.9 Å². The lowest BCUT2D eigenvalue weighted by Crippen LogP contribution is -2.51. The maximum absolute atomic E-state index is 14.3. The topological polar surface area (TPSA) is 68.4 Å². The van der Waals surface area contributed by atoms with E-state index in [2.05, 4.69) is 10.3 Å². The normalized spacial score (nSPS) is 16.8. The molecule has 0 bridgehead atoms. The number of nitrogens with zero attached hydrogens (tertiary/aromatic N) is 2. The fourth-order valence-corrected chi connectivity index (χ4v) is 4.15. The number of carbonyl (C=O) groups excluding carboxylic acids is 2. The molecule has 1 saturated carbocycles. The van der Waals surface area contributed by atoms with E-state index in [1.807, 2.05) is 16.7 Å². The molecule has 2 heterocycles. The van der Waals surface area contributed by atoms with Crippen molar-refractivity contribution in [3.63, 3.8) is 0 Å². The summed E-state index contributed by atoms with van der Waals surface area (Å²) in [6, 6.07) is 9.03. The van der Waals surface area contributed by atoms with Gasteiger partial charge in [0.25, 0.3) is 5.91 Å². The highest BCUT2D eigenvalue weighted by atomic mass is 19.1. The zero-order valence-corrected chi connectivity index (χ0v) is 17.0. The number of halogens is 2. The average Bonchev–Trinajstić information content (AvgIpc) is 3.46. The first-order chi connectivity index (χ1) is 14.9. The largest absolute Gasteiger partial charge is 0.360 e. The number of hydrogen-bond acceptors (Lipinski definition) is 3. The summed E-state index contributed by atoms with van der Waals surface area (Å²) in [6.45, 7) is 3.23. The molecule has 8 heteroatoms. The molecule has 2 fully saturated rings. The second-order valence-electron chi connectivity index (χ2n) is 8.23. The van der Waals surface area contributed by atoms with Crippen molar-refractivity contribution >= 4 is 34.1 Å². The lowest BCUT2D eigenvalue weighted by Gasteiger charge is -2.36. The molecule has 1 aromatic heterocycles. The van der Waals surface area contributed by atoms with Crippen LogP contribution in [0, 0.1) is 18.6 Å². The van der Waals surface area contributed by atoms with Crippen LogP contribution >= 0.6 is 0 Å². The molecule has 31 heavy (non-hydrogen) atoms. The number of carbonyl (C=O) groups is 2. The van der Waals surface area contributed by atoms with Gasteiger partial charge in [0.15, 0.2) is 0 Å². The van der Waals surface area contributed by atoms with Crippen LogP contribution < -0.4 is 10.2 Å². The molecule has 5 rings (SSSR count). The van der Waals surface area contributed by atoms with Crippen LogP contribution in [-0.4, -0.2) is 47.4 Å². The second kappa shape index (κ2) is 7.37. The van der Waals surface area contributed by atoms with Crippen molar-refractivity contribution in [2.24, 2.45) is 0 Å². The van der Waals surface area contributed by atoms with E-state index >= 15 is 0 Å². The van der Waals surface area contributed by atoms with E-state index in [1.54, 1.807) is 12.1 Å². The summed E-state index contributed by atoms with van der Waals surface area (Å²) in [5.74, 6) is -1.39. The van der Waals surface area contributed by atoms with E-state index < -0.39 is 17.5 Å². The van der Waals surface area contributed by atoms with Gasteiger partial charge in [-0.05, 0) is 55.7 Å². The van der Waals surface area contributed by atoms with Crippen molar-refractivity contribution in [2.75, 3.05) is 29.9 Å². The van der Waals surface area contributed by atoms with Crippen molar-refractivity contribution in [3.8, 4) is 0 Å². The highest BCUT2D eigenvalue weighted by Gasteiger charge is 2.35. The van der Waals surface area contributed by atoms with E-state index in [4.69, 9.17) is 0 Å². The van der Waals surface area contributed by atoms with Crippen LogP contribution in [0.15, 0.2) is 36.4 Å². The number of anilines is 2. The zero-order chi connectivity index (χ0) is 21.7. The first-order valence-electron chi connectivity index (χ1n) is 10.3. The molecule has 0 radical (unpaired) electrons. The monoisotopic (exact) mass is 424 g/mol. The van der Waals surface area contributed by atoms with Crippen molar-refractivity contribution in [1.29, 1.82) is 0 Å². The highest BCUT2D eigenvalue weighted by Crippen LogP contribution is 2.30. The van der Waals surface area contributed by atoms with Crippen LogP contribution in [0.4, 0.5) is 20.2 Å². The van der Waals surface area contributed by atoms with E-state index in [-0.39, 0.29) is 23.8 Å². The molecule has 0 unspecified atom stereocenters. The predicted octanol–water partition coefficient (Wildman–Crippen LogP) is 3.82. The quantitative estimate of drug-likeness (QED) is 0.669. The standard InChI is InChI=1S/C23H22F2N4O2/c1-13-2-5-19(25)18-11-20(27-22(13)18)23(31)26-15-8-14(24)9-17(10-15)28-6-7-29(16-3-4-16)21(30)12-28/h2,5,8-11,16,27H,3-4,6-7,12H2,1H3,(H,26,31). The van der Waals surface area contributed by atoms with Crippen LogP contribution in [0.2, 0.25) is 0 Å². The molecule has 3 aromatic rings. The van der Waals surface area contributed by atoms with Gasteiger partial charge in [0.1, 0.15) is 17.3 Å². The summed E-state index contributed by atoms with van der Waals surface area (Å²) in [7, 11) is 0. The van der Waals surface area contributed by atoms with Gasteiger partial charge in [-0.15, -0.1) is 0 Å².